The van der Waals surface area contributed by atoms with Gasteiger partial charge in [-0.2, -0.15) is 0 Å². The van der Waals surface area contributed by atoms with Gasteiger partial charge in [0, 0.05) is 12.1 Å². The Morgan fingerprint density at radius 2 is 2.07 bits per heavy atom. The monoisotopic (exact) mass is 211 g/mol. The van der Waals surface area contributed by atoms with Gasteiger partial charge in [0.05, 0.1) is 6.10 Å². The molecule has 0 heterocycles. The fourth-order valence-electron chi connectivity index (χ4n) is 1.01. The number of halogens is 1. The molecular weight excluding hydrogens is 197 g/mol. The summed E-state index contributed by atoms with van der Waals surface area (Å²) in [5, 5.41) is 0. The van der Waals surface area contributed by atoms with Crippen LogP contribution in [0.15, 0.2) is 24.3 Å². The van der Waals surface area contributed by atoms with Crippen molar-refractivity contribution in [2.45, 2.75) is 13.0 Å². The number of hydrogen-bond donors (Lipinski definition) is 1. The predicted octanol–water partition coefficient (Wildman–Crippen LogP) is 1.37. The number of rotatable bonds is 5. The molecule has 0 amide bonds. The number of benzene rings is 1. The molecule has 0 radical (unpaired) electrons. The first-order valence-electron chi connectivity index (χ1n) is 4.74. The molecule has 0 saturated carbocycles. The van der Waals surface area contributed by atoms with Crippen molar-refractivity contribution in [1.82, 2.24) is 0 Å². The first-order valence-corrected chi connectivity index (χ1v) is 4.74. The van der Waals surface area contributed by atoms with Crippen LogP contribution < -0.4 is 5.73 Å². The van der Waals surface area contributed by atoms with Crippen LogP contribution in [-0.2, 0) is 4.74 Å². The molecule has 1 unspecified atom stereocenters. The maximum atomic E-state index is 12.6. The zero-order valence-electron chi connectivity index (χ0n) is 8.57. The van der Waals surface area contributed by atoms with Crippen molar-refractivity contribution in [2.24, 2.45) is 5.73 Å². The van der Waals surface area contributed by atoms with Gasteiger partial charge in [0.2, 0.25) is 0 Å². The summed E-state index contributed by atoms with van der Waals surface area (Å²) in [6.45, 7) is 2.14. The molecule has 0 aliphatic carbocycles. The van der Waals surface area contributed by atoms with Crippen LogP contribution in [0.25, 0.3) is 0 Å². The van der Waals surface area contributed by atoms with Gasteiger partial charge in [0.15, 0.2) is 5.78 Å². The quantitative estimate of drug-likeness (QED) is 0.748. The molecule has 82 valence electrons. The van der Waals surface area contributed by atoms with Crippen molar-refractivity contribution in [3.05, 3.63) is 35.6 Å². The maximum Gasteiger partial charge on any atom is 0.188 e. The fourth-order valence-corrected chi connectivity index (χ4v) is 1.01. The minimum absolute atomic E-state index is 0.0238. The summed E-state index contributed by atoms with van der Waals surface area (Å²) in [4.78, 5) is 11.5. The molecule has 3 nitrogen and oxygen atoms in total. The van der Waals surface area contributed by atoms with Gasteiger partial charge in [-0.25, -0.2) is 4.39 Å². The summed E-state index contributed by atoms with van der Waals surface area (Å²) in [5.41, 5.74) is 5.78. The van der Waals surface area contributed by atoms with E-state index in [0.717, 1.165) is 0 Å². The number of ether oxygens (including phenoxy) is 1. The van der Waals surface area contributed by atoms with Gasteiger partial charge in [-0.1, -0.05) is 0 Å². The lowest BCUT2D eigenvalue weighted by Gasteiger charge is -2.09. The third kappa shape index (κ3) is 3.77. The molecule has 0 aliphatic rings. The molecule has 0 aliphatic heterocycles. The Kier molecular flexibility index (Phi) is 4.39. The number of hydrogen-bond acceptors (Lipinski definition) is 3. The zero-order chi connectivity index (χ0) is 11.3. The normalized spacial score (nSPS) is 12.5. The number of carbonyl (C=O) groups excluding carboxylic acids is 1. The minimum Gasteiger partial charge on any atom is -0.369 e. The van der Waals surface area contributed by atoms with E-state index in [9.17, 15) is 9.18 Å². The van der Waals surface area contributed by atoms with Crippen molar-refractivity contribution in [1.29, 1.82) is 0 Å². The Bertz CT molecular complexity index is 324. The largest absolute Gasteiger partial charge is 0.369 e. The molecule has 1 rings (SSSR count). The van der Waals surface area contributed by atoms with E-state index in [0.29, 0.717) is 12.1 Å². The van der Waals surface area contributed by atoms with Crippen molar-refractivity contribution < 1.29 is 13.9 Å². The summed E-state index contributed by atoms with van der Waals surface area (Å²) in [7, 11) is 0. The van der Waals surface area contributed by atoms with E-state index in [4.69, 9.17) is 10.5 Å². The summed E-state index contributed by atoms with van der Waals surface area (Å²) in [6.07, 6.45) is -0.144. The average molecular weight is 211 g/mol. The fraction of sp³-hybridized carbons (Fsp3) is 0.364. The second kappa shape index (κ2) is 5.58. The molecule has 2 N–H and O–H groups in total. The van der Waals surface area contributed by atoms with Crippen LogP contribution in [0.2, 0.25) is 0 Å². The van der Waals surface area contributed by atoms with E-state index in [1.807, 2.05) is 0 Å². The molecule has 15 heavy (non-hydrogen) atoms. The Morgan fingerprint density at radius 3 is 2.60 bits per heavy atom. The molecule has 0 aromatic heterocycles. The van der Waals surface area contributed by atoms with Gasteiger partial charge in [-0.15, -0.1) is 0 Å². The van der Waals surface area contributed by atoms with Crippen molar-refractivity contribution in [2.75, 3.05) is 13.2 Å². The lowest BCUT2D eigenvalue weighted by molar-refractivity contribution is 0.0554. The molecule has 0 saturated heterocycles. The Labute approximate surface area is 88.0 Å². The second-order valence-corrected chi connectivity index (χ2v) is 3.29. The minimum atomic E-state index is -0.359. The zero-order valence-corrected chi connectivity index (χ0v) is 8.57. The van der Waals surface area contributed by atoms with Crippen LogP contribution in [-0.4, -0.2) is 25.0 Å². The highest BCUT2D eigenvalue weighted by molar-refractivity contribution is 5.97. The molecule has 0 spiro atoms. The SMILES string of the molecule is CC(CN)OCC(=O)c1ccc(F)cc1. The van der Waals surface area contributed by atoms with E-state index in [2.05, 4.69) is 0 Å². The van der Waals surface area contributed by atoms with Crippen LogP contribution in [0.3, 0.4) is 0 Å². The number of carbonyl (C=O) groups is 1. The molecule has 0 bridgehead atoms. The van der Waals surface area contributed by atoms with E-state index in [1.165, 1.54) is 24.3 Å². The van der Waals surface area contributed by atoms with Crippen LogP contribution in [0.1, 0.15) is 17.3 Å². The molecule has 0 fully saturated rings. The molecule has 1 aromatic rings. The number of ketones is 1. The van der Waals surface area contributed by atoms with Crippen LogP contribution >= 0.6 is 0 Å². The van der Waals surface area contributed by atoms with Crippen LogP contribution in [0, 0.1) is 5.82 Å². The lowest BCUT2D eigenvalue weighted by atomic mass is 10.1. The first-order chi connectivity index (χ1) is 7.13. The highest BCUT2D eigenvalue weighted by atomic mass is 19.1. The maximum absolute atomic E-state index is 12.6. The number of nitrogens with two attached hydrogens (primary N) is 1. The molecule has 1 aromatic carbocycles. The Balaban J connectivity index is 2.50. The summed E-state index contributed by atoms with van der Waals surface area (Å²) in [5.74, 6) is -0.530. The Morgan fingerprint density at radius 1 is 1.47 bits per heavy atom. The van der Waals surface area contributed by atoms with Crippen molar-refractivity contribution in [3.63, 3.8) is 0 Å². The van der Waals surface area contributed by atoms with E-state index in [1.54, 1.807) is 6.92 Å². The van der Waals surface area contributed by atoms with Gasteiger partial charge in [-0.05, 0) is 31.2 Å². The highest BCUT2D eigenvalue weighted by Gasteiger charge is 2.07. The third-order valence-corrected chi connectivity index (χ3v) is 2.00. The topological polar surface area (TPSA) is 52.3 Å². The van der Waals surface area contributed by atoms with Gasteiger partial charge in [0.25, 0.3) is 0 Å². The standard InChI is InChI=1S/C11H14FNO2/c1-8(6-13)15-7-11(14)9-2-4-10(12)5-3-9/h2-5,8H,6-7,13H2,1H3. The van der Waals surface area contributed by atoms with Crippen LogP contribution in [0.4, 0.5) is 4.39 Å². The van der Waals surface area contributed by atoms with Gasteiger partial charge >= 0.3 is 0 Å². The first kappa shape index (κ1) is 11.8. The van der Waals surface area contributed by atoms with E-state index in [-0.39, 0.29) is 24.3 Å². The second-order valence-electron chi connectivity index (χ2n) is 3.29. The van der Waals surface area contributed by atoms with Crippen molar-refractivity contribution >= 4 is 5.78 Å². The van der Waals surface area contributed by atoms with E-state index < -0.39 is 0 Å². The smallest absolute Gasteiger partial charge is 0.188 e. The van der Waals surface area contributed by atoms with Crippen molar-refractivity contribution in [3.8, 4) is 0 Å². The number of Topliss-reactive ketones (excluding diaryl/α,β-unsaturated/α-hetero) is 1. The van der Waals surface area contributed by atoms with Crippen LogP contribution in [0.5, 0.6) is 0 Å². The summed E-state index contributed by atoms with van der Waals surface area (Å²) < 4.78 is 17.7. The summed E-state index contributed by atoms with van der Waals surface area (Å²) >= 11 is 0. The van der Waals surface area contributed by atoms with Gasteiger partial charge < -0.3 is 10.5 Å². The Hall–Kier alpha value is -1.26. The summed E-state index contributed by atoms with van der Waals surface area (Å²) in [6, 6.07) is 5.38. The lowest BCUT2D eigenvalue weighted by Crippen LogP contribution is -2.23. The van der Waals surface area contributed by atoms with E-state index >= 15 is 0 Å². The van der Waals surface area contributed by atoms with Gasteiger partial charge in [0.1, 0.15) is 12.4 Å². The van der Waals surface area contributed by atoms with Gasteiger partial charge in [-0.3, -0.25) is 4.79 Å². The third-order valence-electron chi connectivity index (χ3n) is 2.00. The highest BCUT2D eigenvalue weighted by Crippen LogP contribution is 2.04. The molecule has 4 heteroatoms. The predicted molar refractivity (Wildman–Crippen MR) is 55.2 cm³/mol. The molecular formula is C11H14FNO2. The molecule has 1 atom stereocenters. The average Bonchev–Trinajstić information content (AvgIpc) is 2.26.